The van der Waals surface area contributed by atoms with Crippen molar-refractivity contribution in [2.75, 3.05) is 0 Å². The minimum atomic E-state index is -3.30. The van der Waals surface area contributed by atoms with Crippen molar-refractivity contribution in [3.8, 4) is 0 Å². The lowest BCUT2D eigenvalue weighted by Gasteiger charge is -2.06. The normalized spacial score (nSPS) is 21.9. The van der Waals surface area contributed by atoms with Gasteiger partial charge >= 0.3 is 0 Å². The van der Waals surface area contributed by atoms with Gasteiger partial charge in [0.2, 0.25) is 10.0 Å². The summed E-state index contributed by atoms with van der Waals surface area (Å²) in [5.74, 6) is 0.340. The standard InChI is InChI=1S/C14H14ClNO2S2/c15-11-5-3-10(4-6-11)9-20(17,18)16-13-8-12(13)14-2-1-7-19-14/h1-7,12-13,16H,8-9H2. The lowest BCUT2D eigenvalue weighted by Crippen LogP contribution is -2.28. The van der Waals surface area contributed by atoms with Crippen LogP contribution >= 0.6 is 22.9 Å². The lowest BCUT2D eigenvalue weighted by molar-refractivity contribution is 0.579. The Morgan fingerprint density at radius 1 is 1.25 bits per heavy atom. The topological polar surface area (TPSA) is 46.2 Å². The van der Waals surface area contributed by atoms with Crippen LogP contribution in [0.4, 0.5) is 0 Å². The monoisotopic (exact) mass is 327 g/mol. The number of benzene rings is 1. The van der Waals surface area contributed by atoms with Crippen LogP contribution in [-0.2, 0) is 15.8 Å². The van der Waals surface area contributed by atoms with Gasteiger partial charge in [-0.3, -0.25) is 0 Å². The maximum Gasteiger partial charge on any atom is 0.216 e. The van der Waals surface area contributed by atoms with Gasteiger partial charge in [-0.25, -0.2) is 13.1 Å². The highest BCUT2D eigenvalue weighted by atomic mass is 35.5. The van der Waals surface area contributed by atoms with E-state index in [0.717, 1.165) is 12.0 Å². The second kappa shape index (κ2) is 5.48. The summed E-state index contributed by atoms with van der Waals surface area (Å²) in [4.78, 5) is 1.25. The number of sulfonamides is 1. The fourth-order valence-corrected chi connectivity index (χ4v) is 4.68. The second-order valence-corrected chi connectivity index (χ2v) is 8.14. The van der Waals surface area contributed by atoms with Crippen molar-refractivity contribution in [1.29, 1.82) is 0 Å². The number of hydrogen-bond donors (Lipinski definition) is 1. The first kappa shape index (κ1) is 14.1. The van der Waals surface area contributed by atoms with Crippen molar-refractivity contribution < 1.29 is 8.42 Å². The van der Waals surface area contributed by atoms with Gasteiger partial charge in [0, 0.05) is 21.9 Å². The molecule has 6 heteroatoms. The van der Waals surface area contributed by atoms with Crippen LogP contribution in [0.15, 0.2) is 41.8 Å². The summed E-state index contributed by atoms with van der Waals surface area (Å²) in [5, 5.41) is 2.63. The Labute approximate surface area is 127 Å². The quantitative estimate of drug-likeness (QED) is 0.915. The third-order valence-electron chi connectivity index (χ3n) is 3.30. The van der Waals surface area contributed by atoms with Gasteiger partial charge in [0.1, 0.15) is 0 Å². The van der Waals surface area contributed by atoms with Gasteiger partial charge in [-0.05, 0) is 35.6 Å². The highest BCUT2D eigenvalue weighted by molar-refractivity contribution is 7.88. The fraction of sp³-hybridized carbons (Fsp3) is 0.286. The molecule has 1 N–H and O–H groups in total. The fourth-order valence-electron chi connectivity index (χ4n) is 2.21. The van der Waals surface area contributed by atoms with Crippen LogP contribution in [0.5, 0.6) is 0 Å². The van der Waals surface area contributed by atoms with E-state index in [1.54, 1.807) is 35.6 Å². The van der Waals surface area contributed by atoms with Gasteiger partial charge < -0.3 is 0 Å². The van der Waals surface area contributed by atoms with Gasteiger partial charge in [-0.1, -0.05) is 29.8 Å². The minimum Gasteiger partial charge on any atom is -0.212 e. The maximum absolute atomic E-state index is 12.1. The van der Waals surface area contributed by atoms with Crippen molar-refractivity contribution in [3.05, 3.63) is 57.2 Å². The van der Waals surface area contributed by atoms with E-state index in [4.69, 9.17) is 11.6 Å². The molecule has 1 aliphatic rings. The van der Waals surface area contributed by atoms with E-state index in [1.165, 1.54) is 4.88 Å². The molecule has 0 spiro atoms. The Balaban J connectivity index is 1.61. The van der Waals surface area contributed by atoms with Crippen molar-refractivity contribution in [1.82, 2.24) is 4.72 Å². The predicted octanol–water partition coefficient (Wildman–Crippen LogP) is 3.38. The van der Waals surface area contributed by atoms with Crippen LogP contribution in [-0.4, -0.2) is 14.5 Å². The van der Waals surface area contributed by atoms with E-state index in [1.807, 2.05) is 11.4 Å². The van der Waals surface area contributed by atoms with E-state index >= 15 is 0 Å². The van der Waals surface area contributed by atoms with Crippen LogP contribution in [0.1, 0.15) is 22.8 Å². The third-order valence-corrected chi connectivity index (χ3v) is 5.93. The molecule has 0 radical (unpaired) electrons. The zero-order valence-corrected chi connectivity index (χ0v) is 13.0. The molecule has 1 saturated carbocycles. The maximum atomic E-state index is 12.1. The summed E-state index contributed by atoms with van der Waals surface area (Å²) < 4.78 is 27.0. The van der Waals surface area contributed by atoms with Gasteiger partial charge in [0.05, 0.1) is 5.75 Å². The molecule has 3 rings (SSSR count). The largest absolute Gasteiger partial charge is 0.216 e. The molecule has 1 fully saturated rings. The molecular weight excluding hydrogens is 314 g/mol. The molecule has 3 nitrogen and oxygen atoms in total. The number of rotatable bonds is 5. The van der Waals surface area contributed by atoms with Crippen LogP contribution < -0.4 is 4.72 Å². The molecule has 20 heavy (non-hydrogen) atoms. The second-order valence-electron chi connectivity index (χ2n) is 4.97. The Kier molecular flexibility index (Phi) is 3.86. The third kappa shape index (κ3) is 3.41. The molecule has 2 aromatic rings. The average molecular weight is 328 g/mol. The Morgan fingerprint density at radius 3 is 2.65 bits per heavy atom. The van der Waals surface area contributed by atoms with Gasteiger partial charge in [0.25, 0.3) is 0 Å². The van der Waals surface area contributed by atoms with Crippen LogP contribution in [0.25, 0.3) is 0 Å². The van der Waals surface area contributed by atoms with Crippen LogP contribution in [0.2, 0.25) is 5.02 Å². The summed E-state index contributed by atoms with van der Waals surface area (Å²) in [6.45, 7) is 0. The van der Waals surface area contributed by atoms with Gasteiger partial charge in [0.15, 0.2) is 0 Å². The summed E-state index contributed by atoms with van der Waals surface area (Å²) in [7, 11) is -3.30. The van der Waals surface area contributed by atoms with E-state index in [-0.39, 0.29) is 11.8 Å². The van der Waals surface area contributed by atoms with Crippen LogP contribution in [0.3, 0.4) is 0 Å². The highest BCUT2D eigenvalue weighted by Gasteiger charge is 2.41. The van der Waals surface area contributed by atoms with Crippen LogP contribution in [0, 0.1) is 0 Å². The lowest BCUT2D eigenvalue weighted by atomic mass is 10.2. The first-order valence-electron chi connectivity index (χ1n) is 6.31. The van der Waals surface area contributed by atoms with E-state index < -0.39 is 10.0 Å². The Morgan fingerprint density at radius 2 is 2.00 bits per heavy atom. The molecule has 0 bridgehead atoms. The average Bonchev–Trinajstić information content (AvgIpc) is 2.92. The van der Waals surface area contributed by atoms with Gasteiger partial charge in [-0.2, -0.15) is 0 Å². The molecule has 1 aliphatic carbocycles. The van der Waals surface area contributed by atoms with E-state index in [2.05, 4.69) is 10.8 Å². The van der Waals surface area contributed by atoms with Crippen molar-refractivity contribution in [2.24, 2.45) is 0 Å². The van der Waals surface area contributed by atoms with Gasteiger partial charge in [-0.15, -0.1) is 11.3 Å². The predicted molar refractivity (Wildman–Crippen MR) is 82.7 cm³/mol. The molecule has 0 aliphatic heterocycles. The van der Waals surface area contributed by atoms with Crippen molar-refractivity contribution in [2.45, 2.75) is 24.1 Å². The number of nitrogens with one attached hydrogen (secondary N) is 1. The molecule has 2 atom stereocenters. The molecule has 2 unspecified atom stereocenters. The SMILES string of the molecule is O=S(=O)(Cc1ccc(Cl)cc1)NC1CC1c1cccs1. The molecule has 106 valence electrons. The number of hydrogen-bond acceptors (Lipinski definition) is 3. The molecular formula is C14H14ClNO2S2. The molecule has 1 aromatic heterocycles. The zero-order chi connectivity index (χ0) is 14.2. The Bertz CT molecular complexity index is 680. The van der Waals surface area contributed by atoms with E-state index in [9.17, 15) is 8.42 Å². The zero-order valence-electron chi connectivity index (χ0n) is 10.6. The van der Waals surface area contributed by atoms with Crippen molar-refractivity contribution in [3.63, 3.8) is 0 Å². The smallest absolute Gasteiger partial charge is 0.212 e. The molecule has 1 heterocycles. The molecule has 1 aromatic carbocycles. The highest BCUT2D eigenvalue weighted by Crippen LogP contribution is 2.43. The number of halogens is 1. The first-order valence-corrected chi connectivity index (χ1v) is 9.22. The summed E-state index contributed by atoms with van der Waals surface area (Å²) in [5.41, 5.74) is 0.746. The summed E-state index contributed by atoms with van der Waals surface area (Å²) in [6.07, 6.45) is 0.889. The number of thiophene rings is 1. The molecule has 0 amide bonds. The minimum absolute atomic E-state index is 0.00215. The molecule has 0 saturated heterocycles. The summed E-state index contributed by atoms with van der Waals surface area (Å²) in [6, 6.07) is 11.0. The first-order chi connectivity index (χ1) is 9.53. The summed E-state index contributed by atoms with van der Waals surface area (Å²) >= 11 is 7.47. The van der Waals surface area contributed by atoms with Crippen molar-refractivity contribution >= 4 is 33.0 Å². The Hall–Kier alpha value is -0.880. The van der Waals surface area contributed by atoms with E-state index in [0.29, 0.717) is 10.9 Å².